The lowest BCUT2D eigenvalue weighted by Gasteiger charge is -2.07. The Balaban J connectivity index is 1.47. The minimum absolute atomic E-state index is 0.135. The molecule has 0 heterocycles. The Morgan fingerprint density at radius 1 is 1.12 bits per heavy atom. The molecule has 26 heavy (non-hydrogen) atoms. The maximum absolute atomic E-state index is 11.5. The van der Waals surface area contributed by atoms with Crippen LogP contribution in [0.2, 0.25) is 5.02 Å². The topological polar surface area (TPSA) is 79.8 Å². The standard InChI is InChI=1S/C19H18ClN3O3/c20-17-4-2-1-3-14(17)12-26-16-9-5-13(6-10-16)11-21-23-19(25)18(24)22-15-7-8-15/h1-6,9-11,15H,7-8,12H2,(H,22,24)(H,23,25)/b21-11-. The highest BCUT2D eigenvalue weighted by Crippen LogP contribution is 2.19. The first-order chi connectivity index (χ1) is 12.6. The summed E-state index contributed by atoms with van der Waals surface area (Å²) in [5.74, 6) is -0.740. The number of hydrogen-bond donors (Lipinski definition) is 2. The van der Waals surface area contributed by atoms with Crippen molar-refractivity contribution in [3.63, 3.8) is 0 Å². The number of nitrogens with one attached hydrogen (secondary N) is 2. The van der Waals surface area contributed by atoms with Gasteiger partial charge < -0.3 is 10.1 Å². The van der Waals surface area contributed by atoms with Gasteiger partial charge in [-0.1, -0.05) is 29.8 Å². The highest BCUT2D eigenvalue weighted by Gasteiger charge is 2.26. The van der Waals surface area contributed by atoms with Crippen LogP contribution in [0.5, 0.6) is 5.75 Å². The number of ether oxygens (including phenoxy) is 1. The maximum atomic E-state index is 11.5. The molecule has 3 rings (SSSR count). The average molecular weight is 372 g/mol. The van der Waals surface area contributed by atoms with Crippen LogP contribution in [0.4, 0.5) is 0 Å². The van der Waals surface area contributed by atoms with Crippen LogP contribution in [0.25, 0.3) is 0 Å². The van der Waals surface area contributed by atoms with E-state index in [1.807, 2.05) is 24.3 Å². The minimum Gasteiger partial charge on any atom is -0.489 e. The van der Waals surface area contributed by atoms with E-state index in [1.54, 1.807) is 24.3 Å². The fourth-order valence-corrected chi connectivity index (χ4v) is 2.31. The Kier molecular flexibility index (Phi) is 5.86. The summed E-state index contributed by atoms with van der Waals surface area (Å²) < 4.78 is 5.69. The third-order valence-electron chi connectivity index (χ3n) is 3.73. The summed E-state index contributed by atoms with van der Waals surface area (Å²) >= 11 is 6.09. The minimum atomic E-state index is -0.771. The lowest BCUT2D eigenvalue weighted by atomic mass is 10.2. The van der Waals surface area contributed by atoms with E-state index >= 15 is 0 Å². The first-order valence-corrected chi connectivity index (χ1v) is 8.60. The Morgan fingerprint density at radius 2 is 1.85 bits per heavy atom. The molecule has 134 valence electrons. The predicted octanol–water partition coefficient (Wildman–Crippen LogP) is 2.65. The van der Waals surface area contributed by atoms with Crippen LogP contribution in [-0.4, -0.2) is 24.1 Å². The normalized spacial score (nSPS) is 13.4. The number of carbonyl (C=O) groups excluding carboxylic acids is 2. The van der Waals surface area contributed by atoms with Gasteiger partial charge >= 0.3 is 11.8 Å². The third-order valence-corrected chi connectivity index (χ3v) is 4.10. The summed E-state index contributed by atoms with van der Waals surface area (Å²) in [5.41, 5.74) is 3.88. The van der Waals surface area contributed by atoms with Gasteiger partial charge in [0.25, 0.3) is 0 Å². The molecule has 0 aliphatic heterocycles. The van der Waals surface area contributed by atoms with E-state index in [0.29, 0.717) is 17.4 Å². The van der Waals surface area contributed by atoms with E-state index in [4.69, 9.17) is 16.3 Å². The molecule has 1 fully saturated rings. The molecular formula is C19H18ClN3O3. The van der Waals surface area contributed by atoms with Crippen molar-refractivity contribution in [3.8, 4) is 5.75 Å². The van der Waals surface area contributed by atoms with Crippen molar-refractivity contribution in [2.45, 2.75) is 25.5 Å². The summed E-state index contributed by atoms with van der Waals surface area (Å²) in [6, 6.07) is 14.8. The zero-order chi connectivity index (χ0) is 18.4. The summed E-state index contributed by atoms with van der Waals surface area (Å²) in [7, 11) is 0. The summed E-state index contributed by atoms with van der Waals surface area (Å²) in [6.45, 7) is 0.374. The van der Waals surface area contributed by atoms with Gasteiger partial charge in [-0.05, 0) is 48.7 Å². The third kappa shape index (κ3) is 5.32. The van der Waals surface area contributed by atoms with E-state index < -0.39 is 11.8 Å². The van der Waals surface area contributed by atoms with Crippen molar-refractivity contribution >= 4 is 29.6 Å². The van der Waals surface area contributed by atoms with E-state index in [2.05, 4.69) is 15.8 Å². The van der Waals surface area contributed by atoms with Gasteiger partial charge in [0, 0.05) is 16.6 Å². The number of rotatable bonds is 6. The van der Waals surface area contributed by atoms with E-state index in [-0.39, 0.29) is 6.04 Å². The second-order valence-corrected chi connectivity index (χ2v) is 6.30. The molecule has 6 nitrogen and oxygen atoms in total. The van der Waals surface area contributed by atoms with Gasteiger partial charge in [0.2, 0.25) is 0 Å². The van der Waals surface area contributed by atoms with Gasteiger partial charge in [-0.15, -0.1) is 0 Å². The molecule has 1 saturated carbocycles. The van der Waals surface area contributed by atoms with Crippen LogP contribution < -0.4 is 15.5 Å². The van der Waals surface area contributed by atoms with Crippen LogP contribution in [-0.2, 0) is 16.2 Å². The molecule has 0 aromatic heterocycles. The van der Waals surface area contributed by atoms with Crippen LogP contribution >= 0.6 is 11.6 Å². The van der Waals surface area contributed by atoms with Gasteiger partial charge in [0.1, 0.15) is 12.4 Å². The van der Waals surface area contributed by atoms with E-state index in [1.165, 1.54) is 6.21 Å². The van der Waals surface area contributed by atoms with Crippen LogP contribution in [0.3, 0.4) is 0 Å². The Bertz CT molecular complexity index is 817. The van der Waals surface area contributed by atoms with Gasteiger partial charge in [-0.2, -0.15) is 5.10 Å². The van der Waals surface area contributed by atoms with Crippen molar-refractivity contribution in [1.29, 1.82) is 0 Å². The Hall–Kier alpha value is -2.86. The number of halogens is 1. The van der Waals surface area contributed by atoms with E-state index in [9.17, 15) is 9.59 Å². The molecule has 0 saturated heterocycles. The van der Waals surface area contributed by atoms with Gasteiger partial charge in [-0.25, -0.2) is 5.43 Å². The van der Waals surface area contributed by atoms with Gasteiger partial charge in [0.15, 0.2) is 0 Å². The fourth-order valence-electron chi connectivity index (χ4n) is 2.12. The molecular weight excluding hydrogens is 354 g/mol. The molecule has 2 N–H and O–H groups in total. The second kappa shape index (κ2) is 8.49. The Labute approximate surface area is 156 Å². The van der Waals surface area contributed by atoms with Gasteiger partial charge in [-0.3, -0.25) is 9.59 Å². The monoisotopic (exact) mass is 371 g/mol. The quantitative estimate of drug-likeness (QED) is 0.465. The van der Waals surface area contributed by atoms with Crippen LogP contribution in [0, 0.1) is 0 Å². The molecule has 2 aromatic carbocycles. The van der Waals surface area contributed by atoms with E-state index in [0.717, 1.165) is 24.0 Å². The first kappa shape index (κ1) is 17.9. The predicted molar refractivity (Wildman–Crippen MR) is 99.1 cm³/mol. The molecule has 0 radical (unpaired) electrons. The molecule has 7 heteroatoms. The number of nitrogens with zero attached hydrogens (tertiary/aromatic N) is 1. The van der Waals surface area contributed by atoms with Gasteiger partial charge in [0.05, 0.1) is 6.21 Å². The molecule has 2 aromatic rings. The zero-order valence-electron chi connectivity index (χ0n) is 13.9. The highest BCUT2D eigenvalue weighted by molar-refractivity contribution is 6.35. The van der Waals surface area contributed by atoms with Crippen molar-refractivity contribution < 1.29 is 14.3 Å². The molecule has 2 amide bonds. The summed E-state index contributed by atoms with van der Waals surface area (Å²) in [4.78, 5) is 23.0. The summed E-state index contributed by atoms with van der Waals surface area (Å²) in [5, 5.41) is 7.04. The molecule has 1 aliphatic carbocycles. The number of amides is 2. The smallest absolute Gasteiger partial charge is 0.329 e. The fraction of sp³-hybridized carbons (Fsp3) is 0.211. The summed E-state index contributed by atoms with van der Waals surface area (Å²) in [6.07, 6.45) is 3.31. The molecule has 0 unspecified atom stereocenters. The van der Waals surface area contributed by atoms with Crippen LogP contribution in [0.15, 0.2) is 53.6 Å². The Morgan fingerprint density at radius 3 is 2.54 bits per heavy atom. The average Bonchev–Trinajstić information content (AvgIpc) is 3.46. The molecule has 0 atom stereocenters. The largest absolute Gasteiger partial charge is 0.489 e. The molecule has 0 bridgehead atoms. The number of carbonyl (C=O) groups is 2. The second-order valence-electron chi connectivity index (χ2n) is 5.90. The first-order valence-electron chi connectivity index (χ1n) is 8.22. The molecule has 0 spiro atoms. The highest BCUT2D eigenvalue weighted by atomic mass is 35.5. The van der Waals surface area contributed by atoms with Crippen molar-refractivity contribution in [2.75, 3.05) is 0 Å². The van der Waals surface area contributed by atoms with Crippen molar-refractivity contribution in [2.24, 2.45) is 5.10 Å². The number of benzene rings is 2. The lowest BCUT2D eigenvalue weighted by molar-refractivity contribution is -0.139. The lowest BCUT2D eigenvalue weighted by Crippen LogP contribution is -2.38. The number of hydrogen-bond acceptors (Lipinski definition) is 4. The number of hydrazone groups is 1. The maximum Gasteiger partial charge on any atom is 0.329 e. The van der Waals surface area contributed by atoms with Crippen LogP contribution in [0.1, 0.15) is 24.0 Å². The molecule has 1 aliphatic rings. The van der Waals surface area contributed by atoms with Crippen molar-refractivity contribution in [3.05, 3.63) is 64.7 Å². The van der Waals surface area contributed by atoms with Crippen molar-refractivity contribution in [1.82, 2.24) is 10.7 Å². The zero-order valence-corrected chi connectivity index (χ0v) is 14.7. The SMILES string of the molecule is O=C(N/N=C\c1ccc(OCc2ccccc2Cl)cc1)C(=O)NC1CC1.